The van der Waals surface area contributed by atoms with E-state index in [9.17, 15) is 9.59 Å². The molecule has 5 nitrogen and oxygen atoms in total. The molecule has 0 unspecified atom stereocenters. The summed E-state index contributed by atoms with van der Waals surface area (Å²) in [6.07, 6.45) is 0. The van der Waals surface area contributed by atoms with Gasteiger partial charge in [-0.15, -0.1) is 11.3 Å². The Morgan fingerprint density at radius 2 is 2.09 bits per heavy atom. The van der Waals surface area contributed by atoms with E-state index in [-0.39, 0.29) is 17.7 Å². The lowest BCUT2D eigenvalue weighted by Crippen LogP contribution is -2.59. The summed E-state index contributed by atoms with van der Waals surface area (Å²) in [7, 11) is 0. The first-order chi connectivity index (χ1) is 11.1. The summed E-state index contributed by atoms with van der Waals surface area (Å²) >= 11 is 1.45. The van der Waals surface area contributed by atoms with Crippen LogP contribution in [-0.4, -0.2) is 40.8 Å². The molecule has 23 heavy (non-hydrogen) atoms. The van der Waals surface area contributed by atoms with Gasteiger partial charge < -0.3 is 10.2 Å². The van der Waals surface area contributed by atoms with Gasteiger partial charge in [-0.2, -0.15) is 0 Å². The molecule has 1 aromatic carbocycles. The van der Waals surface area contributed by atoms with Crippen molar-refractivity contribution in [2.45, 2.75) is 19.9 Å². The summed E-state index contributed by atoms with van der Waals surface area (Å²) in [6, 6.07) is 9.35. The smallest absolute Gasteiger partial charge is 0.274 e. The van der Waals surface area contributed by atoms with Crippen molar-refractivity contribution in [3.63, 3.8) is 0 Å². The van der Waals surface area contributed by atoms with Crippen molar-refractivity contribution in [1.82, 2.24) is 15.2 Å². The van der Waals surface area contributed by atoms with Gasteiger partial charge in [0.1, 0.15) is 16.7 Å². The highest BCUT2D eigenvalue weighted by Crippen LogP contribution is 2.25. The monoisotopic (exact) mass is 329 g/mol. The minimum atomic E-state index is -0.432. The Labute approximate surface area is 139 Å². The molecule has 1 aliphatic heterocycles. The van der Waals surface area contributed by atoms with Gasteiger partial charge in [0.15, 0.2) is 0 Å². The van der Waals surface area contributed by atoms with E-state index in [0.29, 0.717) is 18.8 Å². The highest BCUT2D eigenvalue weighted by Gasteiger charge is 2.36. The van der Waals surface area contributed by atoms with Crippen LogP contribution in [0.5, 0.6) is 0 Å². The van der Waals surface area contributed by atoms with Crippen LogP contribution in [0.25, 0.3) is 10.6 Å². The average Bonchev–Trinajstić information content (AvgIpc) is 3.04. The average molecular weight is 329 g/mol. The van der Waals surface area contributed by atoms with Crippen LogP contribution in [0.2, 0.25) is 0 Å². The van der Waals surface area contributed by atoms with Crippen molar-refractivity contribution < 1.29 is 9.59 Å². The van der Waals surface area contributed by atoms with Crippen LogP contribution in [0, 0.1) is 5.92 Å². The standard InChI is InChI=1S/C17H19N3O2S/c1-11(2)14-15(21)18-8-9-20(14)17(22)13-10-23-16(19-13)12-6-4-3-5-7-12/h3-7,10-11,14H,8-9H2,1-2H3,(H,18,21)/t14-/m1/s1. The summed E-state index contributed by atoms with van der Waals surface area (Å²) in [5, 5.41) is 5.42. The van der Waals surface area contributed by atoms with Crippen molar-refractivity contribution in [3.05, 3.63) is 41.4 Å². The van der Waals surface area contributed by atoms with Crippen LogP contribution in [0.1, 0.15) is 24.3 Å². The van der Waals surface area contributed by atoms with Crippen LogP contribution in [0.3, 0.4) is 0 Å². The Morgan fingerprint density at radius 3 is 2.78 bits per heavy atom. The first-order valence-corrected chi connectivity index (χ1v) is 8.55. The van der Waals surface area contributed by atoms with E-state index in [1.54, 1.807) is 10.3 Å². The van der Waals surface area contributed by atoms with E-state index >= 15 is 0 Å². The zero-order chi connectivity index (χ0) is 16.4. The molecule has 3 rings (SSSR count). The number of carbonyl (C=O) groups is 2. The number of hydrogen-bond donors (Lipinski definition) is 1. The lowest BCUT2D eigenvalue weighted by Gasteiger charge is -2.36. The number of nitrogens with one attached hydrogen (secondary N) is 1. The Bertz CT molecular complexity index is 712. The molecule has 0 saturated carbocycles. The molecule has 0 spiro atoms. The van der Waals surface area contributed by atoms with Gasteiger partial charge in [0.2, 0.25) is 5.91 Å². The number of piperazine rings is 1. The number of hydrogen-bond acceptors (Lipinski definition) is 4. The van der Waals surface area contributed by atoms with E-state index in [1.807, 2.05) is 44.2 Å². The van der Waals surface area contributed by atoms with Gasteiger partial charge in [-0.1, -0.05) is 44.2 Å². The maximum Gasteiger partial charge on any atom is 0.274 e. The third-order valence-corrected chi connectivity index (χ3v) is 4.78. The summed E-state index contributed by atoms with van der Waals surface area (Å²) in [5.74, 6) is -0.193. The molecule has 1 saturated heterocycles. The molecular weight excluding hydrogens is 310 g/mol. The van der Waals surface area contributed by atoms with Crippen molar-refractivity contribution in [2.24, 2.45) is 5.92 Å². The minimum absolute atomic E-state index is 0.0616. The number of amides is 2. The van der Waals surface area contributed by atoms with Gasteiger partial charge in [-0.25, -0.2) is 4.98 Å². The van der Waals surface area contributed by atoms with Crippen molar-refractivity contribution in [2.75, 3.05) is 13.1 Å². The topological polar surface area (TPSA) is 62.3 Å². The maximum atomic E-state index is 12.8. The normalized spacial score (nSPS) is 18.1. The largest absolute Gasteiger partial charge is 0.353 e. The second-order valence-electron chi connectivity index (χ2n) is 5.88. The highest BCUT2D eigenvalue weighted by atomic mass is 32.1. The van der Waals surface area contributed by atoms with Gasteiger partial charge in [-0.3, -0.25) is 9.59 Å². The number of benzene rings is 1. The lowest BCUT2D eigenvalue weighted by molar-refractivity contribution is -0.129. The van der Waals surface area contributed by atoms with Crippen LogP contribution in [0.15, 0.2) is 35.7 Å². The van der Waals surface area contributed by atoms with Gasteiger partial charge in [0.25, 0.3) is 5.91 Å². The SMILES string of the molecule is CC(C)[C@@H]1C(=O)NCCN1C(=O)c1csc(-c2ccccc2)n1. The predicted molar refractivity (Wildman–Crippen MR) is 90.2 cm³/mol. The summed E-state index contributed by atoms with van der Waals surface area (Å²) in [5.41, 5.74) is 1.41. The summed E-state index contributed by atoms with van der Waals surface area (Å²) in [4.78, 5) is 31.0. The highest BCUT2D eigenvalue weighted by molar-refractivity contribution is 7.13. The maximum absolute atomic E-state index is 12.8. The second kappa shape index (κ2) is 6.50. The first-order valence-electron chi connectivity index (χ1n) is 7.67. The number of carbonyl (C=O) groups excluding carboxylic acids is 2. The Hall–Kier alpha value is -2.21. The van der Waals surface area contributed by atoms with E-state index in [2.05, 4.69) is 10.3 Å². The van der Waals surface area contributed by atoms with Crippen molar-refractivity contribution in [1.29, 1.82) is 0 Å². The molecule has 0 bridgehead atoms. The molecule has 1 aliphatic rings. The van der Waals surface area contributed by atoms with Crippen LogP contribution in [0.4, 0.5) is 0 Å². The third-order valence-electron chi connectivity index (χ3n) is 3.89. The van der Waals surface area contributed by atoms with Crippen molar-refractivity contribution in [3.8, 4) is 10.6 Å². The molecule has 1 aromatic heterocycles. The fourth-order valence-electron chi connectivity index (χ4n) is 2.81. The fraction of sp³-hybridized carbons (Fsp3) is 0.353. The third kappa shape index (κ3) is 3.12. The molecule has 1 fully saturated rings. The Morgan fingerprint density at radius 1 is 1.35 bits per heavy atom. The van der Waals surface area contributed by atoms with Crippen LogP contribution in [-0.2, 0) is 4.79 Å². The molecule has 0 aliphatic carbocycles. The number of aromatic nitrogens is 1. The zero-order valence-electron chi connectivity index (χ0n) is 13.2. The molecule has 1 N–H and O–H groups in total. The lowest BCUT2D eigenvalue weighted by atomic mass is 9.99. The minimum Gasteiger partial charge on any atom is -0.353 e. The van der Waals surface area contributed by atoms with E-state index in [0.717, 1.165) is 10.6 Å². The Kier molecular flexibility index (Phi) is 4.43. The van der Waals surface area contributed by atoms with Gasteiger partial charge >= 0.3 is 0 Å². The van der Waals surface area contributed by atoms with Gasteiger partial charge in [0.05, 0.1) is 0 Å². The molecule has 120 valence electrons. The Balaban J connectivity index is 1.85. The summed E-state index contributed by atoms with van der Waals surface area (Å²) in [6.45, 7) is 4.91. The zero-order valence-corrected chi connectivity index (χ0v) is 14.0. The van der Waals surface area contributed by atoms with Crippen LogP contribution < -0.4 is 5.32 Å². The predicted octanol–water partition coefficient (Wildman–Crippen LogP) is 2.41. The molecule has 1 atom stereocenters. The van der Waals surface area contributed by atoms with Gasteiger partial charge in [-0.05, 0) is 5.92 Å². The van der Waals surface area contributed by atoms with Crippen LogP contribution >= 0.6 is 11.3 Å². The van der Waals surface area contributed by atoms with E-state index in [4.69, 9.17) is 0 Å². The fourth-order valence-corrected chi connectivity index (χ4v) is 3.61. The molecule has 2 aromatic rings. The molecular formula is C17H19N3O2S. The molecule has 0 radical (unpaired) electrons. The number of nitrogens with zero attached hydrogens (tertiary/aromatic N) is 2. The summed E-state index contributed by atoms with van der Waals surface area (Å²) < 4.78 is 0. The second-order valence-corrected chi connectivity index (χ2v) is 6.74. The van der Waals surface area contributed by atoms with E-state index < -0.39 is 6.04 Å². The number of thiazole rings is 1. The first kappa shape index (κ1) is 15.7. The molecule has 2 amide bonds. The van der Waals surface area contributed by atoms with E-state index in [1.165, 1.54) is 11.3 Å². The quantitative estimate of drug-likeness (QED) is 0.940. The molecule has 2 heterocycles. The van der Waals surface area contributed by atoms with Crippen molar-refractivity contribution >= 4 is 23.2 Å². The number of rotatable bonds is 3. The molecule has 6 heteroatoms. The van der Waals surface area contributed by atoms with Gasteiger partial charge in [0, 0.05) is 24.0 Å².